The van der Waals surface area contributed by atoms with Crippen molar-refractivity contribution < 1.29 is 17.6 Å². The van der Waals surface area contributed by atoms with Crippen molar-refractivity contribution in [1.29, 1.82) is 0 Å². The first-order valence-electron chi connectivity index (χ1n) is 5.69. The summed E-state index contributed by atoms with van der Waals surface area (Å²) in [6, 6.07) is 9.25. The lowest BCUT2D eigenvalue weighted by Crippen LogP contribution is -2.22. The third-order valence-corrected chi connectivity index (χ3v) is 3.93. The fourth-order valence-electron chi connectivity index (χ4n) is 1.56. The molecule has 0 bridgehead atoms. The second kappa shape index (κ2) is 5.68. The highest BCUT2D eigenvalue weighted by Gasteiger charge is 2.10. The quantitative estimate of drug-likeness (QED) is 0.939. The molecule has 106 valence electrons. The number of carbonyl (C=O) groups excluding carboxylic acids is 1. The monoisotopic (exact) mass is 313 g/mol. The fourth-order valence-corrected chi connectivity index (χ4v) is 2.34. The summed E-state index contributed by atoms with van der Waals surface area (Å²) in [5, 5.41) is 2.79. The van der Waals surface area contributed by atoms with E-state index in [-0.39, 0.29) is 28.3 Å². The van der Waals surface area contributed by atoms with E-state index < -0.39 is 9.84 Å². The van der Waals surface area contributed by atoms with E-state index in [4.69, 9.17) is 16.0 Å². The summed E-state index contributed by atoms with van der Waals surface area (Å²) in [7, 11) is -3.21. The molecule has 7 heteroatoms. The molecule has 0 atom stereocenters. The van der Waals surface area contributed by atoms with Crippen LogP contribution in [0.1, 0.15) is 16.1 Å². The second-order valence-corrected chi connectivity index (χ2v) is 6.59. The normalized spacial score (nSPS) is 11.3. The molecule has 1 aromatic carbocycles. The van der Waals surface area contributed by atoms with Crippen LogP contribution in [0.5, 0.6) is 0 Å². The van der Waals surface area contributed by atoms with Crippen molar-refractivity contribution in [3.8, 4) is 0 Å². The third-order valence-electron chi connectivity index (χ3n) is 2.60. The van der Waals surface area contributed by atoms with Gasteiger partial charge in [0.25, 0.3) is 5.91 Å². The smallest absolute Gasteiger partial charge is 0.287 e. The Labute approximate surface area is 121 Å². The number of hydrogen-bond acceptors (Lipinski definition) is 4. The molecular formula is C13H12ClNO4S. The predicted octanol–water partition coefficient (Wildman–Crippen LogP) is 2.27. The highest BCUT2D eigenvalue weighted by atomic mass is 35.5. The topological polar surface area (TPSA) is 76.4 Å². The number of nitrogens with one attached hydrogen (secondary N) is 1. The molecule has 0 saturated heterocycles. The van der Waals surface area contributed by atoms with Gasteiger partial charge in [-0.05, 0) is 41.4 Å². The maximum Gasteiger partial charge on any atom is 0.287 e. The van der Waals surface area contributed by atoms with E-state index in [9.17, 15) is 13.2 Å². The summed E-state index contributed by atoms with van der Waals surface area (Å²) in [6.07, 6.45) is 1.14. The summed E-state index contributed by atoms with van der Waals surface area (Å²) < 4.78 is 27.6. The summed E-state index contributed by atoms with van der Waals surface area (Å²) in [6.45, 7) is 0.265. The Morgan fingerprint density at radius 3 is 2.35 bits per heavy atom. The number of benzene rings is 1. The zero-order valence-electron chi connectivity index (χ0n) is 10.6. The maximum absolute atomic E-state index is 11.7. The van der Waals surface area contributed by atoms with E-state index in [1.165, 1.54) is 24.3 Å². The van der Waals surface area contributed by atoms with Gasteiger partial charge in [0.1, 0.15) is 0 Å². The molecule has 0 aliphatic carbocycles. The molecule has 0 saturated carbocycles. The Bertz CT molecular complexity index is 719. The lowest BCUT2D eigenvalue weighted by molar-refractivity contribution is 0.0923. The highest BCUT2D eigenvalue weighted by molar-refractivity contribution is 7.90. The summed E-state index contributed by atoms with van der Waals surface area (Å²) in [5.74, 6) is -0.258. The third kappa shape index (κ3) is 3.61. The standard InChI is InChI=1S/C13H12ClNO4S/c1-20(17,18)10-4-2-9(3-5-10)8-15-13(16)11-6-7-12(14)19-11/h2-7H,8H2,1H3,(H,15,16). The van der Waals surface area contributed by atoms with Gasteiger partial charge < -0.3 is 9.73 Å². The number of halogens is 1. The molecular weight excluding hydrogens is 302 g/mol. The van der Waals surface area contributed by atoms with Crippen LogP contribution in [-0.4, -0.2) is 20.6 Å². The lowest BCUT2D eigenvalue weighted by atomic mass is 10.2. The van der Waals surface area contributed by atoms with Crippen LogP contribution in [0.25, 0.3) is 0 Å². The van der Waals surface area contributed by atoms with Crippen molar-refractivity contribution in [1.82, 2.24) is 5.32 Å². The van der Waals surface area contributed by atoms with Gasteiger partial charge in [-0.1, -0.05) is 12.1 Å². The van der Waals surface area contributed by atoms with Crippen LogP contribution in [0.15, 0.2) is 45.7 Å². The van der Waals surface area contributed by atoms with E-state index in [0.29, 0.717) is 0 Å². The summed E-state index contributed by atoms with van der Waals surface area (Å²) in [5.41, 5.74) is 0.781. The predicted molar refractivity (Wildman–Crippen MR) is 74.4 cm³/mol. The molecule has 1 heterocycles. The lowest BCUT2D eigenvalue weighted by Gasteiger charge is -2.04. The van der Waals surface area contributed by atoms with Gasteiger partial charge in [-0.25, -0.2) is 8.42 Å². The van der Waals surface area contributed by atoms with Crippen LogP contribution >= 0.6 is 11.6 Å². The molecule has 0 radical (unpaired) electrons. The molecule has 2 rings (SSSR count). The van der Waals surface area contributed by atoms with Crippen molar-refractivity contribution in [2.24, 2.45) is 0 Å². The fraction of sp³-hybridized carbons (Fsp3) is 0.154. The molecule has 0 fully saturated rings. The summed E-state index contributed by atoms with van der Waals surface area (Å²) in [4.78, 5) is 11.9. The zero-order valence-corrected chi connectivity index (χ0v) is 12.2. The van der Waals surface area contributed by atoms with E-state index in [1.807, 2.05) is 0 Å². The Morgan fingerprint density at radius 1 is 1.20 bits per heavy atom. The van der Waals surface area contributed by atoms with Gasteiger partial charge in [-0.3, -0.25) is 4.79 Å². The molecule has 5 nitrogen and oxygen atoms in total. The molecule has 0 unspecified atom stereocenters. The number of amides is 1. The molecule has 0 aliphatic rings. The van der Waals surface area contributed by atoms with Crippen LogP contribution < -0.4 is 5.32 Å². The molecule has 1 N–H and O–H groups in total. The van der Waals surface area contributed by atoms with Crippen molar-refractivity contribution in [2.45, 2.75) is 11.4 Å². The van der Waals surface area contributed by atoms with Crippen LogP contribution in [-0.2, 0) is 16.4 Å². The van der Waals surface area contributed by atoms with Gasteiger partial charge in [0.05, 0.1) is 4.90 Å². The second-order valence-electron chi connectivity index (χ2n) is 4.20. The molecule has 2 aromatic rings. The first kappa shape index (κ1) is 14.6. The van der Waals surface area contributed by atoms with Crippen LogP contribution in [0, 0.1) is 0 Å². The van der Waals surface area contributed by atoms with E-state index in [0.717, 1.165) is 11.8 Å². The molecule has 1 aromatic heterocycles. The number of hydrogen-bond donors (Lipinski definition) is 1. The SMILES string of the molecule is CS(=O)(=O)c1ccc(CNC(=O)c2ccc(Cl)o2)cc1. The minimum Gasteiger partial charge on any atom is -0.440 e. The minimum atomic E-state index is -3.21. The Kier molecular flexibility index (Phi) is 4.15. The van der Waals surface area contributed by atoms with Crippen LogP contribution in [0.3, 0.4) is 0 Å². The summed E-state index contributed by atoms with van der Waals surface area (Å²) >= 11 is 5.58. The molecule has 0 aliphatic heterocycles. The van der Waals surface area contributed by atoms with E-state index >= 15 is 0 Å². The average Bonchev–Trinajstić information content (AvgIpc) is 2.82. The van der Waals surface area contributed by atoms with E-state index in [2.05, 4.69) is 5.32 Å². The molecule has 0 spiro atoms. The van der Waals surface area contributed by atoms with Crippen molar-refractivity contribution in [3.05, 3.63) is 52.9 Å². The Hall–Kier alpha value is -1.79. The van der Waals surface area contributed by atoms with Gasteiger partial charge in [0, 0.05) is 12.8 Å². The Morgan fingerprint density at radius 2 is 1.85 bits per heavy atom. The average molecular weight is 314 g/mol. The maximum atomic E-state index is 11.7. The first-order valence-corrected chi connectivity index (χ1v) is 7.96. The van der Waals surface area contributed by atoms with Crippen molar-refractivity contribution in [3.63, 3.8) is 0 Å². The van der Waals surface area contributed by atoms with Crippen LogP contribution in [0.4, 0.5) is 0 Å². The first-order chi connectivity index (χ1) is 9.36. The van der Waals surface area contributed by atoms with Crippen LogP contribution in [0.2, 0.25) is 5.22 Å². The van der Waals surface area contributed by atoms with E-state index in [1.54, 1.807) is 12.1 Å². The number of carbonyl (C=O) groups is 1. The van der Waals surface area contributed by atoms with Gasteiger partial charge in [0.15, 0.2) is 20.8 Å². The highest BCUT2D eigenvalue weighted by Crippen LogP contribution is 2.13. The number of rotatable bonds is 4. The van der Waals surface area contributed by atoms with Crippen molar-refractivity contribution >= 4 is 27.3 Å². The largest absolute Gasteiger partial charge is 0.440 e. The van der Waals surface area contributed by atoms with Gasteiger partial charge in [-0.15, -0.1) is 0 Å². The minimum absolute atomic E-state index is 0.128. The molecule has 20 heavy (non-hydrogen) atoms. The molecule has 1 amide bonds. The van der Waals surface area contributed by atoms with Gasteiger partial charge >= 0.3 is 0 Å². The van der Waals surface area contributed by atoms with Gasteiger partial charge in [-0.2, -0.15) is 0 Å². The van der Waals surface area contributed by atoms with Crippen molar-refractivity contribution in [2.75, 3.05) is 6.26 Å². The Balaban J connectivity index is 1.99. The van der Waals surface area contributed by atoms with Gasteiger partial charge in [0.2, 0.25) is 0 Å². The number of furan rings is 1. The number of sulfone groups is 1. The zero-order chi connectivity index (χ0) is 14.8.